The number of halogens is 1. The molecular formula is C32H33FN4O6S. The summed E-state index contributed by atoms with van der Waals surface area (Å²) >= 11 is 0. The van der Waals surface area contributed by atoms with Crippen LogP contribution in [0.3, 0.4) is 0 Å². The van der Waals surface area contributed by atoms with E-state index in [9.17, 15) is 32.0 Å². The normalized spacial score (nSPS) is 17.3. The molecule has 0 bridgehead atoms. The fourth-order valence-corrected chi connectivity index (χ4v) is 7.20. The van der Waals surface area contributed by atoms with Gasteiger partial charge in [-0.2, -0.15) is 0 Å². The van der Waals surface area contributed by atoms with Gasteiger partial charge in [0.2, 0.25) is 0 Å². The van der Waals surface area contributed by atoms with Gasteiger partial charge in [-0.25, -0.2) is 12.8 Å². The maximum atomic E-state index is 14.3. The van der Waals surface area contributed by atoms with E-state index >= 15 is 0 Å². The van der Waals surface area contributed by atoms with Crippen molar-refractivity contribution < 1.29 is 27.2 Å². The predicted octanol–water partition coefficient (Wildman–Crippen LogP) is 2.71. The van der Waals surface area contributed by atoms with Crippen LogP contribution in [0.5, 0.6) is 0 Å². The number of benzene rings is 2. The molecule has 0 radical (unpaired) electrons. The van der Waals surface area contributed by atoms with Crippen LogP contribution in [-0.2, 0) is 37.0 Å². The Bertz CT molecular complexity index is 1810. The summed E-state index contributed by atoms with van der Waals surface area (Å²) in [5, 5.41) is 4.12. The number of carbonyl (C=O) groups excluding carboxylic acids is 3. The number of sulfone groups is 1. The van der Waals surface area contributed by atoms with Gasteiger partial charge in [0.15, 0.2) is 15.6 Å². The van der Waals surface area contributed by atoms with E-state index in [0.717, 1.165) is 10.5 Å². The van der Waals surface area contributed by atoms with E-state index in [4.69, 9.17) is 0 Å². The number of pyridine rings is 1. The van der Waals surface area contributed by atoms with Gasteiger partial charge in [-0.1, -0.05) is 51.1 Å². The maximum Gasteiger partial charge on any atom is 0.252 e. The van der Waals surface area contributed by atoms with Gasteiger partial charge in [-0.15, -0.1) is 0 Å². The van der Waals surface area contributed by atoms with Gasteiger partial charge in [0.1, 0.15) is 22.9 Å². The third kappa shape index (κ3) is 6.35. The zero-order valence-electron chi connectivity index (χ0n) is 24.5. The molecule has 0 fully saturated rings. The molecule has 3 heterocycles. The van der Waals surface area contributed by atoms with Gasteiger partial charge in [-0.05, 0) is 46.9 Å². The lowest BCUT2D eigenvalue weighted by Crippen LogP contribution is -2.53. The molecule has 0 saturated heterocycles. The minimum absolute atomic E-state index is 0.0129. The number of ketones is 1. The molecule has 2 amide bonds. The highest BCUT2D eigenvalue weighted by Gasteiger charge is 2.49. The predicted molar refractivity (Wildman–Crippen MR) is 161 cm³/mol. The van der Waals surface area contributed by atoms with Crippen LogP contribution < -0.4 is 16.2 Å². The molecule has 2 unspecified atom stereocenters. The number of H-pyrrole nitrogens is 1. The third-order valence-corrected chi connectivity index (χ3v) is 9.72. The van der Waals surface area contributed by atoms with E-state index in [0.29, 0.717) is 11.3 Å². The first-order valence-electron chi connectivity index (χ1n) is 14.1. The molecule has 2 aliphatic rings. The number of Topliss-reactive ketones (excluding diaryl/α,β-unsaturated/α-hetero) is 1. The van der Waals surface area contributed by atoms with Crippen LogP contribution in [0.4, 0.5) is 4.39 Å². The summed E-state index contributed by atoms with van der Waals surface area (Å²) < 4.78 is 41.2. The first-order chi connectivity index (χ1) is 20.7. The summed E-state index contributed by atoms with van der Waals surface area (Å²) in [6, 6.07) is 13.8. The average molecular weight is 621 g/mol. The fraction of sp³-hybridized carbons (Fsp3) is 0.312. The van der Waals surface area contributed by atoms with Crippen LogP contribution in [-0.4, -0.2) is 53.9 Å². The van der Waals surface area contributed by atoms with Gasteiger partial charge >= 0.3 is 0 Å². The number of amides is 2. The molecule has 3 N–H and O–H groups in total. The second kappa shape index (κ2) is 11.8. The Kier molecular flexibility index (Phi) is 8.30. The topological polar surface area (TPSA) is 146 Å². The summed E-state index contributed by atoms with van der Waals surface area (Å²) in [5.41, 5.74) is 1.28. The van der Waals surface area contributed by atoms with E-state index < -0.39 is 56.0 Å². The second-order valence-corrected chi connectivity index (χ2v) is 14.1. The van der Waals surface area contributed by atoms with Crippen molar-refractivity contribution in [1.29, 1.82) is 0 Å². The number of carbonyl (C=O) groups is 3. The van der Waals surface area contributed by atoms with Crippen molar-refractivity contribution >= 4 is 27.4 Å². The lowest BCUT2D eigenvalue weighted by atomic mass is 9.86. The Morgan fingerprint density at radius 3 is 2.36 bits per heavy atom. The Morgan fingerprint density at radius 2 is 1.73 bits per heavy atom. The van der Waals surface area contributed by atoms with E-state index in [1.165, 1.54) is 42.6 Å². The number of hydrogen-bond acceptors (Lipinski definition) is 7. The highest BCUT2D eigenvalue weighted by atomic mass is 32.2. The average Bonchev–Trinajstić information content (AvgIpc) is 3.54. The molecule has 10 nitrogen and oxygen atoms in total. The summed E-state index contributed by atoms with van der Waals surface area (Å²) in [5.74, 6) is -3.01. The van der Waals surface area contributed by atoms with Crippen LogP contribution in [0.15, 0.2) is 83.0 Å². The Hall–Kier alpha value is -4.58. The zero-order valence-corrected chi connectivity index (χ0v) is 25.3. The Labute approximate surface area is 254 Å². The van der Waals surface area contributed by atoms with Crippen LogP contribution in [0.25, 0.3) is 0 Å². The van der Waals surface area contributed by atoms with Crippen molar-refractivity contribution in [3.05, 3.63) is 117 Å². The Balaban J connectivity index is 1.50. The van der Waals surface area contributed by atoms with E-state index in [-0.39, 0.29) is 41.6 Å². The molecule has 2 aromatic carbocycles. The molecule has 12 heteroatoms. The SMILES string of the molecule is CC(C)(C)c1ccc(C(=O)NC(Cc2ccc(F)cc2)C(=O)N2C3=C(CC2S(=O)(=O)Cc2ccc[nH]c2=O)NCC3=O)cc1. The highest BCUT2D eigenvalue weighted by molar-refractivity contribution is 7.91. The standard InChI is InChI=1S/C32H33FN4O6S/c1-32(2,3)22-10-8-20(9-11-22)30(40)36-25(15-19-6-12-23(33)13-7-19)31(41)37-27(16-24-28(37)26(38)17-35-24)44(42,43)18-21-5-4-14-34-29(21)39/h4-14,25,27,35H,15-18H2,1-3H3,(H,34,39)(H,36,40). The minimum Gasteiger partial charge on any atom is -0.379 e. The summed E-state index contributed by atoms with van der Waals surface area (Å²) in [7, 11) is -4.22. The number of aromatic nitrogens is 1. The quantitative estimate of drug-likeness (QED) is 0.351. The number of nitrogens with zero attached hydrogens (tertiary/aromatic N) is 1. The van der Waals surface area contributed by atoms with Gasteiger partial charge in [0, 0.05) is 35.9 Å². The molecule has 1 aromatic heterocycles. The Morgan fingerprint density at radius 1 is 1.05 bits per heavy atom. The molecular weight excluding hydrogens is 587 g/mol. The highest BCUT2D eigenvalue weighted by Crippen LogP contribution is 2.36. The van der Waals surface area contributed by atoms with Crippen LogP contribution in [0.2, 0.25) is 0 Å². The molecule has 0 spiro atoms. The molecule has 44 heavy (non-hydrogen) atoms. The smallest absolute Gasteiger partial charge is 0.252 e. The molecule has 5 rings (SSSR count). The number of nitrogens with one attached hydrogen (secondary N) is 3. The van der Waals surface area contributed by atoms with E-state index in [2.05, 4.69) is 15.6 Å². The van der Waals surface area contributed by atoms with E-state index in [1.807, 2.05) is 32.9 Å². The first-order valence-corrected chi connectivity index (χ1v) is 15.8. The molecule has 0 aliphatic carbocycles. The van der Waals surface area contributed by atoms with Crippen molar-refractivity contribution in [3.8, 4) is 0 Å². The van der Waals surface area contributed by atoms with Crippen molar-refractivity contribution in [3.63, 3.8) is 0 Å². The maximum absolute atomic E-state index is 14.3. The lowest BCUT2D eigenvalue weighted by Gasteiger charge is -2.31. The third-order valence-electron chi connectivity index (χ3n) is 7.80. The van der Waals surface area contributed by atoms with Crippen LogP contribution in [0, 0.1) is 5.82 Å². The van der Waals surface area contributed by atoms with Crippen molar-refractivity contribution in [1.82, 2.24) is 20.5 Å². The number of hydrogen-bond donors (Lipinski definition) is 3. The van der Waals surface area contributed by atoms with Crippen molar-refractivity contribution in [2.75, 3.05) is 6.54 Å². The molecule has 230 valence electrons. The van der Waals surface area contributed by atoms with Gasteiger partial charge in [-0.3, -0.25) is 24.1 Å². The molecule has 3 aromatic rings. The molecule has 0 saturated carbocycles. The largest absolute Gasteiger partial charge is 0.379 e. The van der Waals surface area contributed by atoms with E-state index in [1.54, 1.807) is 12.1 Å². The van der Waals surface area contributed by atoms with Crippen LogP contribution in [0.1, 0.15) is 54.2 Å². The summed E-state index contributed by atoms with van der Waals surface area (Å²) in [6.07, 6.45) is 1.10. The van der Waals surface area contributed by atoms with Crippen LogP contribution >= 0.6 is 0 Å². The monoisotopic (exact) mass is 620 g/mol. The van der Waals surface area contributed by atoms with Gasteiger partial charge in [0.05, 0.1) is 12.3 Å². The minimum atomic E-state index is -4.22. The first kappa shape index (κ1) is 30.9. The zero-order chi connectivity index (χ0) is 31.8. The summed E-state index contributed by atoms with van der Waals surface area (Å²) in [4.78, 5) is 56.4. The molecule has 2 aliphatic heterocycles. The molecule has 2 atom stereocenters. The number of aromatic amines is 1. The van der Waals surface area contributed by atoms with Gasteiger partial charge in [0.25, 0.3) is 17.4 Å². The summed E-state index contributed by atoms with van der Waals surface area (Å²) in [6.45, 7) is 6.01. The number of rotatable bonds is 8. The fourth-order valence-electron chi connectivity index (χ4n) is 5.39. The van der Waals surface area contributed by atoms with Crippen molar-refractivity contribution in [2.24, 2.45) is 0 Å². The lowest BCUT2D eigenvalue weighted by molar-refractivity contribution is -0.133. The van der Waals surface area contributed by atoms with Crippen molar-refractivity contribution in [2.45, 2.75) is 56.2 Å². The van der Waals surface area contributed by atoms with Gasteiger partial charge < -0.3 is 15.6 Å². The second-order valence-electron chi connectivity index (χ2n) is 12.0.